The third-order valence-corrected chi connectivity index (χ3v) is 4.78. The Kier molecular flexibility index (Phi) is 6.93. The predicted octanol–water partition coefficient (Wildman–Crippen LogP) is 4.22. The van der Waals surface area contributed by atoms with Crippen molar-refractivity contribution in [2.75, 3.05) is 14.2 Å². The van der Waals surface area contributed by atoms with E-state index in [0.717, 1.165) is 0 Å². The lowest BCUT2D eigenvalue weighted by Crippen LogP contribution is -2.41. The van der Waals surface area contributed by atoms with Gasteiger partial charge in [-0.25, -0.2) is 0 Å². The second-order valence-electron chi connectivity index (χ2n) is 6.37. The Balaban J connectivity index is 1.88. The third-order valence-electron chi connectivity index (χ3n) is 4.43. The van der Waals surface area contributed by atoms with Gasteiger partial charge in [0.05, 0.1) is 14.2 Å². The summed E-state index contributed by atoms with van der Waals surface area (Å²) in [7, 11) is 3.05. The summed E-state index contributed by atoms with van der Waals surface area (Å²) in [6.07, 6.45) is -0.851. The van der Waals surface area contributed by atoms with Crippen LogP contribution in [0.1, 0.15) is 32.4 Å². The summed E-state index contributed by atoms with van der Waals surface area (Å²) in [5, 5.41) is 6.07. The van der Waals surface area contributed by atoms with Crippen LogP contribution in [0.3, 0.4) is 0 Å². The molecule has 6 nitrogen and oxygen atoms in total. The molecule has 0 aliphatic rings. The number of amides is 2. The number of carbonyl (C=O) groups is 2. The quantitative estimate of drug-likeness (QED) is 0.557. The van der Waals surface area contributed by atoms with Crippen LogP contribution in [0.15, 0.2) is 72.8 Å². The summed E-state index contributed by atoms with van der Waals surface area (Å²) in [4.78, 5) is 25.7. The fourth-order valence-electron chi connectivity index (χ4n) is 2.86. The lowest BCUT2D eigenvalue weighted by Gasteiger charge is -2.22. The topological polar surface area (TPSA) is 76.7 Å². The molecule has 0 bridgehead atoms. The third kappa shape index (κ3) is 5.10. The maximum atomic E-state index is 12.8. The summed E-state index contributed by atoms with van der Waals surface area (Å²) >= 11 is 6.33. The summed E-state index contributed by atoms with van der Waals surface area (Å²) < 4.78 is 10.4. The summed E-state index contributed by atoms with van der Waals surface area (Å²) in [5.74, 6) is 0.337. The smallest absolute Gasteiger partial charge is 0.253 e. The van der Waals surface area contributed by atoms with Crippen LogP contribution < -0.4 is 20.1 Å². The molecule has 0 radical (unpaired) electrons. The molecule has 0 aromatic heterocycles. The number of nitrogens with one attached hydrogen (secondary N) is 2. The number of halogens is 1. The fourth-order valence-corrected chi connectivity index (χ4v) is 3.10. The zero-order chi connectivity index (χ0) is 21.5. The Morgan fingerprint density at radius 2 is 1.27 bits per heavy atom. The van der Waals surface area contributed by atoms with Gasteiger partial charge in [0.15, 0.2) is 0 Å². The molecule has 7 heteroatoms. The van der Waals surface area contributed by atoms with Crippen molar-refractivity contribution in [2.24, 2.45) is 0 Å². The minimum Gasteiger partial charge on any atom is -0.497 e. The van der Waals surface area contributed by atoms with Gasteiger partial charge in [-0.2, -0.15) is 0 Å². The van der Waals surface area contributed by atoms with E-state index in [1.165, 1.54) is 14.2 Å². The molecule has 0 heterocycles. The monoisotopic (exact) mass is 424 g/mol. The van der Waals surface area contributed by atoms with E-state index in [4.69, 9.17) is 21.1 Å². The molecule has 154 valence electrons. The molecule has 0 unspecified atom stereocenters. The van der Waals surface area contributed by atoms with E-state index in [2.05, 4.69) is 10.6 Å². The molecule has 0 saturated carbocycles. The highest BCUT2D eigenvalue weighted by molar-refractivity contribution is 6.31. The first-order valence-electron chi connectivity index (χ1n) is 9.16. The molecule has 30 heavy (non-hydrogen) atoms. The maximum Gasteiger partial charge on any atom is 0.253 e. The Morgan fingerprint density at radius 3 is 1.73 bits per heavy atom. The summed E-state index contributed by atoms with van der Waals surface area (Å²) in [6.45, 7) is 0. The first-order valence-corrected chi connectivity index (χ1v) is 9.54. The lowest BCUT2D eigenvalue weighted by molar-refractivity contribution is 0.0883. The molecule has 3 aromatic rings. The van der Waals surface area contributed by atoms with Crippen LogP contribution in [-0.4, -0.2) is 26.0 Å². The van der Waals surface area contributed by atoms with Crippen LogP contribution in [-0.2, 0) is 0 Å². The summed E-state index contributed by atoms with van der Waals surface area (Å²) in [6, 6.07) is 20.5. The second kappa shape index (κ2) is 9.80. The van der Waals surface area contributed by atoms with E-state index in [1.807, 2.05) is 0 Å². The van der Waals surface area contributed by atoms with Crippen molar-refractivity contribution < 1.29 is 19.1 Å². The molecule has 0 atom stereocenters. The standard InChI is InChI=1S/C23H21ClN2O4/c1-29-17-9-5-7-15(13-17)22(27)25-21(19-11-3-4-12-20(19)24)26-23(28)16-8-6-10-18(14-16)30-2/h3-14,21H,1-2H3,(H,25,27)(H,26,28). The average molecular weight is 425 g/mol. The van der Waals surface area contributed by atoms with Crippen molar-refractivity contribution in [1.29, 1.82) is 0 Å². The largest absolute Gasteiger partial charge is 0.497 e. The molecule has 0 spiro atoms. The second-order valence-corrected chi connectivity index (χ2v) is 6.77. The van der Waals surface area contributed by atoms with Crippen molar-refractivity contribution in [3.05, 3.63) is 94.5 Å². The van der Waals surface area contributed by atoms with E-state index in [0.29, 0.717) is 33.2 Å². The first kappa shape index (κ1) is 21.2. The van der Waals surface area contributed by atoms with Crippen LogP contribution in [0.25, 0.3) is 0 Å². The average Bonchev–Trinajstić information content (AvgIpc) is 2.79. The van der Waals surface area contributed by atoms with Gasteiger partial charge in [-0.15, -0.1) is 0 Å². The molecule has 2 amide bonds. The van der Waals surface area contributed by atoms with E-state index in [-0.39, 0.29) is 11.8 Å². The van der Waals surface area contributed by atoms with Gasteiger partial charge >= 0.3 is 0 Å². The highest BCUT2D eigenvalue weighted by Crippen LogP contribution is 2.23. The van der Waals surface area contributed by atoms with E-state index in [1.54, 1.807) is 72.8 Å². The Labute approximate surface area is 179 Å². The number of methoxy groups -OCH3 is 2. The lowest BCUT2D eigenvalue weighted by atomic mass is 10.1. The predicted molar refractivity (Wildman–Crippen MR) is 115 cm³/mol. The SMILES string of the molecule is COc1cccc(C(=O)NC(NC(=O)c2cccc(OC)c2)c2ccccc2Cl)c1. The fraction of sp³-hybridized carbons (Fsp3) is 0.130. The molecule has 0 saturated heterocycles. The molecule has 0 fully saturated rings. The molecule has 0 aliphatic carbocycles. The first-order chi connectivity index (χ1) is 14.5. The van der Waals surface area contributed by atoms with Gasteiger partial charge in [-0.3, -0.25) is 9.59 Å². The van der Waals surface area contributed by atoms with E-state index < -0.39 is 6.17 Å². The van der Waals surface area contributed by atoms with Crippen molar-refractivity contribution in [2.45, 2.75) is 6.17 Å². The number of benzene rings is 3. The van der Waals surface area contributed by atoms with Gasteiger partial charge in [-0.05, 0) is 42.5 Å². The van der Waals surface area contributed by atoms with Crippen LogP contribution in [0.5, 0.6) is 11.5 Å². The van der Waals surface area contributed by atoms with Crippen molar-refractivity contribution in [3.63, 3.8) is 0 Å². The highest BCUT2D eigenvalue weighted by Gasteiger charge is 2.21. The number of ether oxygens (including phenoxy) is 2. The van der Waals surface area contributed by atoms with Crippen molar-refractivity contribution in [1.82, 2.24) is 10.6 Å². The van der Waals surface area contributed by atoms with E-state index in [9.17, 15) is 9.59 Å². The van der Waals surface area contributed by atoms with Crippen LogP contribution in [0.2, 0.25) is 5.02 Å². The Bertz CT molecular complexity index is 993. The molecule has 3 aromatic carbocycles. The van der Waals surface area contributed by atoms with Gasteiger partial charge < -0.3 is 20.1 Å². The van der Waals surface area contributed by atoms with Gasteiger partial charge in [0, 0.05) is 21.7 Å². The number of rotatable bonds is 7. The molecular weight excluding hydrogens is 404 g/mol. The number of carbonyl (C=O) groups excluding carboxylic acids is 2. The number of hydrogen-bond donors (Lipinski definition) is 2. The Morgan fingerprint density at radius 1 is 0.767 bits per heavy atom. The molecular formula is C23H21ClN2O4. The minimum absolute atomic E-state index is 0.384. The maximum absolute atomic E-state index is 12.8. The zero-order valence-corrected chi connectivity index (χ0v) is 17.3. The van der Waals surface area contributed by atoms with Crippen LogP contribution >= 0.6 is 11.6 Å². The zero-order valence-electron chi connectivity index (χ0n) is 16.5. The molecule has 0 aliphatic heterocycles. The summed E-state index contributed by atoms with van der Waals surface area (Å²) in [5.41, 5.74) is 1.34. The van der Waals surface area contributed by atoms with Crippen LogP contribution in [0, 0.1) is 0 Å². The van der Waals surface area contributed by atoms with Crippen molar-refractivity contribution >= 4 is 23.4 Å². The molecule has 3 rings (SSSR count). The Hall–Kier alpha value is -3.51. The van der Waals surface area contributed by atoms with Crippen LogP contribution in [0.4, 0.5) is 0 Å². The van der Waals surface area contributed by atoms with Gasteiger partial charge in [0.1, 0.15) is 17.7 Å². The van der Waals surface area contributed by atoms with Gasteiger partial charge in [0.25, 0.3) is 11.8 Å². The minimum atomic E-state index is -0.851. The van der Waals surface area contributed by atoms with Crippen molar-refractivity contribution in [3.8, 4) is 11.5 Å². The van der Waals surface area contributed by atoms with Gasteiger partial charge in [-0.1, -0.05) is 41.9 Å². The van der Waals surface area contributed by atoms with Gasteiger partial charge in [0.2, 0.25) is 0 Å². The molecule has 2 N–H and O–H groups in total. The van der Waals surface area contributed by atoms with E-state index >= 15 is 0 Å². The number of hydrogen-bond acceptors (Lipinski definition) is 4. The highest BCUT2D eigenvalue weighted by atomic mass is 35.5. The normalized spacial score (nSPS) is 10.4.